The van der Waals surface area contributed by atoms with E-state index in [0.29, 0.717) is 24.2 Å². The number of rotatable bonds is 4. The van der Waals surface area contributed by atoms with Gasteiger partial charge < -0.3 is 11.5 Å². The van der Waals surface area contributed by atoms with Gasteiger partial charge in [0.2, 0.25) is 15.9 Å². The summed E-state index contributed by atoms with van der Waals surface area (Å²) >= 11 is 0. The summed E-state index contributed by atoms with van der Waals surface area (Å²) in [5, 5.41) is 0. The van der Waals surface area contributed by atoms with Crippen LogP contribution in [0.2, 0.25) is 0 Å². The summed E-state index contributed by atoms with van der Waals surface area (Å²) in [6.07, 6.45) is 0.496. The smallest absolute Gasteiger partial charge is 0.221 e. The first-order valence-electron chi connectivity index (χ1n) is 6.00. The summed E-state index contributed by atoms with van der Waals surface area (Å²) < 4.78 is 25.7. The van der Waals surface area contributed by atoms with Crippen LogP contribution in [0, 0.1) is 5.92 Å². The second-order valence-electron chi connectivity index (χ2n) is 4.74. The molecule has 1 unspecified atom stereocenters. The summed E-state index contributed by atoms with van der Waals surface area (Å²) in [6, 6.07) is 6.71. The summed E-state index contributed by atoms with van der Waals surface area (Å²) in [7, 11) is -3.41. The number of primary amides is 1. The maximum Gasteiger partial charge on any atom is 0.221 e. The number of carbonyl (C=O) groups excluding carboxylic acids is 1. The molecule has 1 atom stereocenters. The highest BCUT2D eigenvalue weighted by Gasteiger charge is 2.33. The standard InChI is InChI=1S/C12H17N3O3S/c13-11-3-1-9(2-4-11)8-19(17,18)15-6-5-10(7-15)12(14)16/h1-4,10H,5-8,13H2,(H2,14,16). The van der Waals surface area contributed by atoms with Crippen molar-refractivity contribution in [3.05, 3.63) is 29.8 Å². The summed E-state index contributed by atoms with van der Waals surface area (Å²) in [6.45, 7) is 0.539. The van der Waals surface area contributed by atoms with Crippen molar-refractivity contribution in [2.45, 2.75) is 12.2 Å². The van der Waals surface area contributed by atoms with Gasteiger partial charge in [0.15, 0.2) is 0 Å². The molecule has 6 nitrogen and oxygen atoms in total. The largest absolute Gasteiger partial charge is 0.399 e. The molecule has 0 radical (unpaired) electrons. The molecule has 4 N–H and O–H groups in total. The van der Waals surface area contributed by atoms with Gasteiger partial charge in [-0.2, -0.15) is 0 Å². The van der Waals surface area contributed by atoms with Crippen LogP contribution in [0.4, 0.5) is 5.69 Å². The molecule has 1 fully saturated rings. The highest BCUT2D eigenvalue weighted by atomic mass is 32.2. The van der Waals surface area contributed by atoms with Crippen LogP contribution >= 0.6 is 0 Å². The maximum absolute atomic E-state index is 12.2. The normalized spacial score (nSPS) is 20.5. The van der Waals surface area contributed by atoms with E-state index in [0.717, 1.165) is 0 Å². The van der Waals surface area contributed by atoms with E-state index in [2.05, 4.69) is 0 Å². The minimum Gasteiger partial charge on any atom is -0.399 e. The molecule has 19 heavy (non-hydrogen) atoms. The first-order valence-corrected chi connectivity index (χ1v) is 7.61. The molecular formula is C12H17N3O3S. The summed E-state index contributed by atoms with van der Waals surface area (Å²) in [5.41, 5.74) is 12.0. The van der Waals surface area contributed by atoms with Gasteiger partial charge in [-0.25, -0.2) is 12.7 Å². The van der Waals surface area contributed by atoms with Gasteiger partial charge >= 0.3 is 0 Å². The molecule has 1 heterocycles. The minimum atomic E-state index is -3.41. The number of nitrogens with two attached hydrogens (primary N) is 2. The van der Waals surface area contributed by atoms with E-state index in [4.69, 9.17) is 11.5 Å². The number of anilines is 1. The van der Waals surface area contributed by atoms with E-state index in [-0.39, 0.29) is 18.2 Å². The lowest BCUT2D eigenvalue weighted by Gasteiger charge is -2.16. The van der Waals surface area contributed by atoms with E-state index in [9.17, 15) is 13.2 Å². The molecule has 104 valence electrons. The molecule has 1 aromatic rings. The summed E-state index contributed by atoms with van der Waals surface area (Å²) in [4.78, 5) is 11.1. The van der Waals surface area contributed by atoms with Crippen LogP contribution in [-0.2, 0) is 20.6 Å². The quantitative estimate of drug-likeness (QED) is 0.753. The number of nitrogens with zero attached hydrogens (tertiary/aromatic N) is 1. The molecule has 2 rings (SSSR count). The van der Waals surface area contributed by atoms with Gasteiger partial charge in [-0.15, -0.1) is 0 Å². The average Bonchev–Trinajstić information content (AvgIpc) is 2.82. The van der Waals surface area contributed by atoms with Crippen LogP contribution in [0.3, 0.4) is 0 Å². The number of carbonyl (C=O) groups is 1. The van der Waals surface area contributed by atoms with E-state index in [1.165, 1.54) is 4.31 Å². The lowest BCUT2D eigenvalue weighted by molar-refractivity contribution is -0.121. The fraction of sp³-hybridized carbons (Fsp3) is 0.417. The fourth-order valence-electron chi connectivity index (χ4n) is 2.13. The molecule has 0 saturated carbocycles. The third-order valence-corrected chi connectivity index (χ3v) is 5.09. The van der Waals surface area contributed by atoms with Gasteiger partial charge in [0.1, 0.15) is 0 Å². The third-order valence-electron chi connectivity index (χ3n) is 3.28. The Bertz CT molecular complexity index is 568. The molecule has 1 amide bonds. The average molecular weight is 283 g/mol. The zero-order chi connectivity index (χ0) is 14.0. The maximum atomic E-state index is 12.2. The first kappa shape index (κ1) is 13.8. The second kappa shape index (κ2) is 5.18. The molecular weight excluding hydrogens is 266 g/mol. The highest BCUT2D eigenvalue weighted by Crippen LogP contribution is 2.21. The van der Waals surface area contributed by atoms with Gasteiger partial charge in [0.05, 0.1) is 11.7 Å². The topological polar surface area (TPSA) is 106 Å². The molecule has 1 saturated heterocycles. The predicted molar refractivity (Wildman–Crippen MR) is 72.4 cm³/mol. The van der Waals surface area contributed by atoms with E-state index >= 15 is 0 Å². The predicted octanol–water partition coefficient (Wildman–Crippen LogP) is -0.0942. The Kier molecular flexibility index (Phi) is 3.77. The number of sulfonamides is 1. The van der Waals surface area contributed by atoms with Crippen molar-refractivity contribution in [2.24, 2.45) is 11.7 Å². The van der Waals surface area contributed by atoms with Crippen molar-refractivity contribution in [3.63, 3.8) is 0 Å². The molecule has 1 aliphatic heterocycles. The first-order chi connectivity index (χ1) is 8.88. The molecule has 1 aromatic carbocycles. The Labute approximate surface area is 112 Å². The van der Waals surface area contributed by atoms with Gasteiger partial charge in [0.25, 0.3) is 0 Å². The van der Waals surface area contributed by atoms with Crippen molar-refractivity contribution in [1.82, 2.24) is 4.31 Å². The lowest BCUT2D eigenvalue weighted by Crippen LogP contribution is -2.32. The Morgan fingerprint density at radius 1 is 1.32 bits per heavy atom. The van der Waals surface area contributed by atoms with Crippen molar-refractivity contribution in [3.8, 4) is 0 Å². The Morgan fingerprint density at radius 3 is 2.47 bits per heavy atom. The lowest BCUT2D eigenvalue weighted by atomic mass is 10.1. The summed E-state index contributed by atoms with van der Waals surface area (Å²) in [5.74, 6) is -0.898. The number of benzene rings is 1. The van der Waals surface area contributed by atoms with Crippen molar-refractivity contribution in [2.75, 3.05) is 18.8 Å². The Morgan fingerprint density at radius 2 is 1.95 bits per heavy atom. The van der Waals surface area contributed by atoms with Crippen LogP contribution in [0.15, 0.2) is 24.3 Å². The van der Waals surface area contributed by atoms with Crippen LogP contribution in [-0.4, -0.2) is 31.7 Å². The van der Waals surface area contributed by atoms with Gasteiger partial charge in [0, 0.05) is 18.8 Å². The third kappa shape index (κ3) is 3.24. The number of nitrogen functional groups attached to an aromatic ring is 1. The fourth-order valence-corrected chi connectivity index (χ4v) is 3.72. The number of hydrogen-bond donors (Lipinski definition) is 2. The van der Waals surface area contributed by atoms with E-state index in [1.54, 1.807) is 24.3 Å². The Hall–Kier alpha value is -1.60. The van der Waals surface area contributed by atoms with Crippen LogP contribution in [0.5, 0.6) is 0 Å². The molecule has 0 aliphatic carbocycles. The zero-order valence-electron chi connectivity index (χ0n) is 10.5. The van der Waals surface area contributed by atoms with Crippen LogP contribution < -0.4 is 11.5 Å². The number of amides is 1. The Balaban J connectivity index is 2.07. The minimum absolute atomic E-state index is 0.0846. The molecule has 7 heteroatoms. The van der Waals surface area contributed by atoms with Crippen LogP contribution in [0.25, 0.3) is 0 Å². The number of hydrogen-bond acceptors (Lipinski definition) is 4. The van der Waals surface area contributed by atoms with Gasteiger partial charge in [-0.3, -0.25) is 4.79 Å². The monoisotopic (exact) mass is 283 g/mol. The van der Waals surface area contributed by atoms with Gasteiger partial charge in [-0.1, -0.05) is 12.1 Å². The molecule has 1 aliphatic rings. The van der Waals surface area contributed by atoms with Crippen LogP contribution in [0.1, 0.15) is 12.0 Å². The van der Waals surface area contributed by atoms with Gasteiger partial charge in [-0.05, 0) is 24.1 Å². The van der Waals surface area contributed by atoms with Crippen molar-refractivity contribution < 1.29 is 13.2 Å². The SMILES string of the molecule is NC(=O)C1CCN(S(=O)(=O)Cc2ccc(N)cc2)C1. The van der Waals surface area contributed by atoms with E-state index < -0.39 is 15.9 Å². The van der Waals surface area contributed by atoms with Crippen molar-refractivity contribution >= 4 is 21.6 Å². The zero-order valence-corrected chi connectivity index (χ0v) is 11.3. The molecule has 0 spiro atoms. The highest BCUT2D eigenvalue weighted by molar-refractivity contribution is 7.88. The van der Waals surface area contributed by atoms with Crippen molar-refractivity contribution in [1.29, 1.82) is 0 Å². The second-order valence-corrected chi connectivity index (χ2v) is 6.71. The molecule has 0 aromatic heterocycles. The molecule has 0 bridgehead atoms. The van der Waals surface area contributed by atoms with E-state index in [1.807, 2.05) is 0 Å².